The number of aliphatic hydroxyl groups excluding tert-OH is 1. The molecule has 0 saturated carbocycles. The molecular weight excluding hydrogens is 430 g/mol. The van der Waals surface area contributed by atoms with Gasteiger partial charge in [-0.05, 0) is 31.9 Å². The van der Waals surface area contributed by atoms with Gasteiger partial charge in [-0.3, -0.25) is 9.59 Å². The van der Waals surface area contributed by atoms with Gasteiger partial charge in [0.1, 0.15) is 11.6 Å². The summed E-state index contributed by atoms with van der Waals surface area (Å²) >= 11 is 0. The molecule has 0 spiro atoms. The number of nitrogens with two attached hydrogens (primary N) is 1. The van der Waals surface area contributed by atoms with Crippen LogP contribution < -0.4 is 15.9 Å². The molecule has 0 aliphatic carbocycles. The molecule has 1 aromatic carbocycles. The van der Waals surface area contributed by atoms with Crippen molar-refractivity contribution in [1.29, 1.82) is 0 Å². The van der Waals surface area contributed by atoms with E-state index in [9.17, 15) is 33.4 Å². The second-order valence-corrected chi connectivity index (χ2v) is 6.75. The van der Waals surface area contributed by atoms with Crippen molar-refractivity contribution in [2.45, 2.75) is 39.1 Å². The molecule has 0 fully saturated rings. The Balaban J connectivity index is 2.55. The van der Waals surface area contributed by atoms with E-state index in [0.29, 0.717) is 6.07 Å². The minimum absolute atomic E-state index is 0.0327. The Morgan fingerprint density at radius 2 is 1.88 bits per heavy atom. The minimum Gasteiger partial charge on any atom is -0.488 e. The van der Waals surface area contributed by atoms with Crippen molar-refractivity contribution in [2.75, 3.05) is 13.2 Å². The lowest BCUT2D eigenvalue weighted by Gasteiger charge is -2.19. The number of esters is 1. The maximum absolute atomic E-state index is 13.9. The van der Waals surface area contributed by atoms with Crippen molar-refractivity contribution in [3.63, 3.8) is 0 Å². The van der Waals surface area contributed by atoms with Gasteiger partial charge in [-0.1, -0.05) is 6.07 Å². The molecule has 1 atom stereocenters. The normalized spacial score (nSPS) is 12.0. The summed E-state index contributed by atoms with van der Waals surface area (Å²) in [7, 11) is 0. The van der Waals surface area contributed by atoms with Crippen LogP contribution >= 0.6 is 0 Å². The topological polar surface area (TPSA) is 141 Å². The number of halogens is 2. The maximum Gasteiger partial charge on any atom is 0.359 e. The Hall–Kier alpha value is -3.15. The smallest absolute Gasteiger partial charge is 0.359 e. The van der Waals surface area contributed by atoms with Crippen LogP contribution in [0.4, 0.5) is 8.78 Å². The molecule has 4 N–H and O–H groups in total. The van der Waals surface area contributed by atoms with Crippen molar-refractivity contribution in [1.82, 2.24) is 4.57 Å². The summed E-state index contributed by atoms with van der Waals surface area (Å²) in [6.07, 6.45) is -1.33. The number of ketones is 1. The molecular formula is C21H24F2N2O7. The molecule has 0 saturated heterocycles. The van der Waals surface area contributed by atoms with Gasteiger partial charge in [0.2, 0.25) is 5.43 Å². The zero-order valence-electron chi connectivity index (χ0n) is 17.5. The Morgan fingerprint density at radius 3 is 2.44 bits per heavy atom. The van der Waals surface area contributed by atoms with E-state index < -0.39 is 64.7 Å². The second-order valence-electron chi connectivity index (χ2n) is 6.75. The summed E-state index contributed by atoms with van der Waals surface area (Å²) in [5, 5.41) is 18.8. The summed E-state index contributed by atoms with van der Waals surface area (Å²) in [5.41, 5.74) is 3.99. The van der Waals surface area contributed by atoms with Crippen LogP contribution in [-0.2, 0) is 17.7 Å². The van der Waals surface area contributed by atoms with Crippen molar-refractivity contribution in [3.05, 3.63) is 63.1 Å². The Kier molecular flexibility index (Phi) is 8.58. The first kappa shape index (κ1) is 25.1. The number of aliphatic hydroxyl groups is 2. The largest absolute Gasteiger partial charge is 0.488 e. The predicted molar refractivity (Wildman–Crippen MR) is 108 cm³/mol. The van der Waals surface area contributed by atoms with E-state index in [-0.39, 0.29) is 25.2 Å². The van der Waals surface area contributed by atoms with E-state index in [0.717, 1.165) is 22.9 Å². The van der Waals surface area contributed by atoms with Crippen molar-refractivity contribution >= 4 is 11.8 Å². The number of Topliss-reactive ketones (excluding diaryl/α,β-unsaturated/α-hetero) is 1. The van der Waals surface area contributed by atoms with Crippen LogP contribution in [0.2, 0.25) is 0 Å². The summed E-state index contributed by atoms with van der Waals surface area (Å²) in [6, 6.07) is 1.39. The summed E-state index contributed by atoms with van der Waals surface area (Å²) in [6.45, 7) is 2.41. The van der Waals surface area contributed by atoms with Crippen LogP contribution in [0.15, 0.2) is 29.2 Å². The van der Waals surface area contributed by atoms with Gasteiger partial charge in [0.15, 0.2) is 23.5 Å². The van der Waals surface area contributed by atoms with Gasteiger partial charge in [-0.2, -0.15) is 0 Å². The number of nitrogens with zero attached hydrogens (tertiary/aromatic N) is 1. The van der Waals surface area contributed by atoms with E-state index >= 15 is 0 Å². The molecule has 1 unspecified atom stereocenters. The van der Waals surface area contributed by atoms with Gasteiger partial charge in [-0.25, -0.2) is 13.6 Å². The summed E-state index contributed by atoms with van der Waals surface area (Å²) in [5.74, 6) is -4.09. The number of rotatable bonds is 10. The number of benzene rings is 1. The Bertz CT molecular complexity index is 1050. The molecule has 0 bridgehead atoms. The molecule has 2 aromatic rings. The third-order valence-corrected chi connectivity index (χ3v) is 4.41. The molecule has 2 rings (SSSR count). The third-order valence-electron chi connectivity index (χ3n) is 4.41. The Labute approximate surface area is 182 Å². The molecule has 9 nitrogen and oxygen atoms in total. The quantitative estimate of drug-likeness (QED) is 0.272. The molecule has 11 heteroatoms. The molecule has 0 aliphatic rings. The molecule has 1 heterocycles. The number of carbonyl (C=O) groups is 2. The fourth-order valence-electron chi connectivity index (χ4n) is 3.04. The second kappa shape index (κ2) is 10.9. The molecule has 0 radical (unpaired) electrons. The maximum atomic E-state index is 13.9. The highest BCUT2D eigenvalue weighted by Gasteiger charge is 2.29. The standard InChI is InChI=1S/C21H24F2N2O7/c1-3-31-20-17(21(30)32-4-2)25(10-16(26)27)9-13(19(20)29)18(28)15(24)7-11-5-6-12(22)8-14(11)23/h5-6,8-9,15-16,26-27H,3-4,7,10,24H2,1-2H3. The number of carbonyl (C=O) groups excluding carboxylic acids is 2. The van der Waals surface area contributed by atoms with Crippen LogP contribution in [0.1, 0.15) is 40.3 Å². The van der Waals surface area contributed by atoms with Gasteiger partial charge >= 0.3 is 5.97 Å². The fourth-order valence-corrected chi connectivity index (χ4v) is 3.04. The third kappa shape index (κ3) is 5.75. The fraction of sp³-hybridized carbons (Fsp3) is 0.381. The highest BCUT2D eigenvalue weighted by atomic mass is 19.1. The SMILES string of the molecule is CCOC(=O)c1c(OCC)c(=O)c(C(=O)C(N)Cc2ccc(F)cc2F)cn1CC(O)O. The van der Waals surface area contributed by atoms with Gasteiger partial charge < -0.3 is 30.0 Å². The summed E-state index contributed by atoms with van der Waals surface area (Å²) in [4.78, 5) is 38.3. The zero-order valence-corrected chi connectivity index (χ0v) is 17.5. The van der Waals surface area contributed by atoms with E-state index in [1.165, 1.54) is 13.8 Å². The first-order valence-electron chi connectivity index (χ1n) is 9.77. The average Bonchev–Trinajstić information content (AvgIpc) is 2.71. The zero-order chi connectivity index (χ0) is 24.0. The highest BCUT2D eigenvalue weighted by Crippen LogP contribution is 2.19. The van der Waals surface area contributed by atoms with Crippen LogP contribution in [0.3, 0.4) is 0 Å². The monoisotopic (exact) mass is 454 g/mol. The number of ether oxygens (including phenoxy) is 2. The molecule has 32 heavy (non-hydrogen) atoms. The number of hydrogen-bond acceptors (Lipinski definition) is 8. The number of pyridine rings is 1. The van der Waals surface area contributed by atoms with Crippen LogP contribution in [0.25, 0.3) is 0 Å². The van der Waals surface area contributed by atoms with Gasteiger partial charge in [-0.15, -0.1) is 0 Å². The lowest BCUT2D eigenvalue weighted by molar-refractivity contribution is -0.0519. The van der Waals surface area contributed by atoms with E-state index in [1.54, 1.807) is 0 Å². The number of hydrogen-bond donors (Lipinski definition) is 3. The molecule has 174 valence electrons. The molecule has 0 aliphatic heterocycles. The molecule has 1 aromatic heterocycles. The average molecular weight is 454 g/mol. The lowest BCUT2D eigenvalue weighted by Crippen LogP contribution is -2.38. The van der Waals surface area contributed by atoms with E-state index in [1.807, 2.05) is 0 Å². The number of aromatic nitrogens is 1. The highest BCUT2D eigenvalue weighted by molar-refractivity contribution is 6.01. The van der Waals surface area contributed by atoms with Crippen LogP contribution in [-0.4, -0.2) is 52.1 Å². The van der Waals surface area contributed by atoms with E-state index in [4.69, 9.17) is 15.2 Å². The first-order chi connectivity index (χ1) is 15.1. The van der Waals surface area contributed by atoms with Crippen LogP contribution in [0, 0.1) is 11.6 Å². The summed E-state index contributed by atoms with van der Waals surface area (Å²) < 4.78 is 38.2. The lowest BCUT2D eigenvalue weighted by atomic mass is 9.98. The van der Waals surface area contributed by atoms with E-state index in [2.05, 4.69) is 0 Å². The van der Waals surface area contributed by atoms with Crippen LogP contribution in [0.5, 0.6) is 5.75 Å². The first-order valence-corrected chi connectivity index (χ1v) is 9.77. The van der Waals surface area contributed by atoms with Gasteiger partial charge in [0.05, 0.1) is 31.4 Å². The van der Waals surface area contributed by atoms with Gasteiger partial charge in [0.25, 0.3) is 0 Å². The van der Waals surface area contributed by atoms with Gasteiger partial charge in [0, 0.05) is 12.3 Å². The Morgan fingerprint density at radius 1 is 1.19 bits per heavy atom. The van der Waals surface area contributed by atoms with Crippen molar-refractivity contribution < 1.29 is 38.1 Å². The molecule has 0 amide bonds. The minimum atomic E-state index is -1.94. The predicted octanol–water partition coefficient (Wildman–Crippen LogP) is 0.765. The van der Waals surface area contributed by atoms with Crippen molar-refractivity contribution in [2.24, 2.45) is 5.73 Å². The van der Waals surface area contributed by atoms with Crippen molar-refractivity contribution in [3.8, 4) is 5.75 Å².